The molecule has 0 fully saturated rings. The predicted molar refractivity (Wildman–Crippen MR) is 137 cm³/mol. The molecular formula is C22H31Cl3N6. The molecule has 4 N–H and O–H groups in total. The Morgan fingerprint density at radius 3 is 2.32 bits per heavy atom. The van der Waals surface area contributed by atoms with Crippen LogP contribution in [0.3, 0.4) is 0 Å². The third kappa shape index (κ3) is 10.4. The van der Waals surface area contributed by atoms with Gasteiger partial charge >= 0.3 is 0 Å². The normalized spacial score (nSPS) is 10.3. The molecule has 0 saturated heterocycles. The van der Waals surface area contributed by atoms with Crippen LogP contribution in [-0.2, 0) is 13.0 Å². The van der Waals surface area contributed by atoms with Crippen molar-refractivity contribution in [2.45, 2.75) is 19.4 Å². The second-order valence-electron chi connectivity index (χ2n) is 6.62. The quantitative estimate of drug-likeness (QED) is 0.228. The van der Waals surface area contributed by atoms with Gasteiger partial charge in [0.15, 0.2) is 5.96 Å². The summed E-state index contributed by atoms with van der Waals surface area (Å²) < 4.78 is 0. The maximum absolute atomic E-state index is 6.01. The molecule has 2 aromatic carbocycles. The summed E-state index contributed by atoms with van der Waals surface area (Å²) in [5, 5.41) is 3.23. The summed E-state index contributed by atoms with van der Waals surface area (Å²) >= 11 is 0. The molecule has 0 saturated carbocycles. The number of nitrogens with one attached hydrogen (secondary N) is 2. The van der Waals surface area contributed by atoms with E-state index in [1.165, 1.54) is 11.3 Å². The van der Waals surface area contributed by atoms with Gasteiger partial charge in [-0.15, -0.1) is 37.2 Å². The van der Waals surface area contributed by atoms with Crippen LogP contribution in [0, 0.1) is 0 Å². The number of nitrogens with zero attached hydrogens (tertiary/aromatic N) is 3. The highest BCUT2D eigenvalue weighted by Gasteiger charge is 2.07. The number of hydrogen-bond acceptors (Lipinski definition) is 3. The number of anilines is 1. The Morgan fingerprint density at radius 2 is 1.68 bits per heavy atom. The van der Waals surface area contributed by atoms with Gasteiger partial charge in [0.25, 0.3) is 0 Å². The van der Waals surface area contributed by atoms with Crippen molar-refractivity contribution in [3.05, 3.63) is 84.4 Å². The third-order valence-electron chi connectivity index (χ3n) is 4.47. The van der Waals surface area contributed by atoms with Gasteiger partial charge in [-0.2, -0.15) is 0 Å². The van der Waals surface area contributed by atoms with Crippen molar-refractivity contribution < 1.29 is 0 Å². The van der Waals surface area contributed by atoms with Gasteiger partial charge in [0.05, 0.1) is 6.33 Å². The van der Waals surface area contributed by atoms with E-state index in [2.05, 4.69) is 73.7 Å². The van der Waals surface area contributed by atoms with Crippen LogP contribution in [0.4, 0.5) is 5.69 Å². The number of halogens is 3. The van der Waals surface area contributed by atoms with Gasteiger partial charge in [-0.1, -0.05) is 48.5 Å². The zero-order valence-electron chi connectivity index (χ0n) is 17.3. The average Bonchev–Trinajstić information content (AvgIpc) is 3.25. The third-order valence-corrected chi connectivity index (χ3v) is 4.47. The molecule has 3 aromatic rings. The SMILES string of the molecule is Cl.Cl.Cl.NC(=NCCCc1cnc[nH]1)NCCN(Cc1ccccc1)c1ccccc1. The first kappa shape index (κ1) is 28.6. The number of aromatic nitrogens is 2. The van der Waals surface area contributed by atoms with E-state index in [9.17, 15) is 0 Å². The Morgan fingerprint density at radius 1 is 1.00 bits per heavy atom. The molecule has 0 amide bonds. The lowest BCUT2D eigenvalue weighted by molar-refractivity contribution is 0.747. The molecule has 1 heterocycles. The number of aliphatic imine (C=N–C) groups is 1. The van der Waals surface area contributed by atoms with Crippen LogP contribution in [0.1, 0.15) is 17.7 Å². The summed E-state index contributed by atoms with van der Waals surface area (Å²) in [6, 6.07) is 20.9. The highest BCUT2D eigenvalue weighted by atomic mass is 35.5. The van der Waals surface area contributed by atoms with E-state index in [4.69, 9.17) is 5.73 Å². The molecular weight excluding hydrogens is 455 g/mol. The second-order valence-corrected chi connectivity index (χ2v) is 6.62. The first-order chi connectivity index (χ1) is 13.8. The van der Waals surface area contributed by atoms with Gasteiger partial charge in [0, 0.05) is 43.8 Å². The minimum absolute atomic E-state index is 0. The maximum Gasteiger partial charge on any atom is 0.188 e. The fourth-order valence-corrected chi connectivity index (χ4v) is 3.01. The van der Waals surface area contributed by atoms with Crippen LogP contribution in [0.2, 0.25) is 0 Å². The van der Waals surface area contributed by atoms with Gasteiger partial charge in [0.1, 0.15) is 0 Å². The smallest absolute Gasteiger partial charge is 0.188 e. The molecule has 9 heteroatoms. The summed E-state index contributed by atoms with van der Waals surface area (Å²) in [5.74, 6) is 0.498. The minimum Gasteiger partial charge on any atom is -0.370 e. The van der Waals surface area contributed by atoms with E-state index >= 15 is 0 Å². The number of para-hydroxylation sites is 1. The topological polar surface area (TPSA) is 82.3 Å². The lowest BCUT2D eigenvalue weighted by Crippen LogP contribution is -2.38. The Balaban J connectivity index is 0.00000300. The molecule has 0 spiro atoms. The van der Waals surface area contributed by atoms with Crippen LogP contribution in [0.15, 0.2) is 78.2 Å². The average molecular weight is 486 g/mol. The van der Waals surface area contributed by atoms with E-state index in [-0.39, 0.29) is 37.2 Å². The van der Waals surface area contributed by atoms with Crippen LogP contribution in [0.25, 0.3) is 0 Å². The molecule has 0 radical (unpaired) electrons. The molecule has 6 nitrogen and oxygen atoms in total. The van der Waals surface area contributed by atoms with E-state index in [1.54, 1.807) is 6.33 Å². The molecule has 3 rings (SSSR count). The van der Waals surface area contributed by atoms with Crippen LogP contribution >= 0.6 is 37.2 Å². The highest BCUT2D eigenvalue weighted by Crippen LogP contribution is 2.16. The molecule has 31 heavy (non-hydrogen) atoms. The molecule has 0 aliphatic carbocycles. The van der Waals surface area contributed by atoms with Gasteiger partial charge in [0.2, 0.25) is 0 Å². The van der Waals surface area contributed by atoms with Gasteiger partial charge < -0.3 is 20.9 Å². The molecule has 0 atom stereocenters. The van der Waals surface area contributed by atoms with E-state index in [0.717, 1.165) is 38.2 Å². The van der Waals surface area contributed by atoms with Crippen molar-refractivity contribution in [2.24, 2.45) is 10.7 Å². The first-order valence-electron chi connectivity index (χ1n) is 9.66. The standard InChI is InChI=1S/C22H28N6.3ClH/c23-22(25-13-7-10-20-16-24-18-27-20)26-14-15-28(21-11-5-2-6-12-21)17-19-8-3-1-4-9-19;;;/h1-6,8-9,11-12,16,18H,7,10,13-15,17H2,(H,24,27)(H3,23,25,26);3*1H. The van der Waals surface area contributed by atoms with Crippen molar-refractivity contribution in [3.8, 4) is 0 Å². The summed E-state index contributed by atoms with van der Waals surface area (Å²) in [4.78, 5) is 13.9. The Labute approximate surface area is 203 Å². The zero-order valence-corrected chi connectivity index (χ0v) is 19.8. The maximum atomic E-state index is 6.01. The molecule has 0 aliphatic heterocycles. The molecule has 0 unspecified atom stereocenters. The number of benzene rings is 2. The van der Waals surface area contributed by atoms with Crippen molar-refractivity contribution in [1.29, 1.82) is 0 Å². The van der Waals surface area contributed by atoms with Crippen molar-refractivity contribution in [3.63, 3.8) is 0 Å². The summed E-state index contributed by atoms with van der Waals surface area (Å²) in [6.07, 6.45) is 5.41. The second kappa shape index (κ2) is 16.3. The lowest BCUT2D eigenvalue weighted by Gasteiger charge is -2.25. The minimum atomic E-state index is 0. The fraction of sp³-hybridized carbons (Fsp3) is 0.273. The Kier molecular flexibility index (Phi) is 15.0. The number of rotatable bonds is 10. The predicted octanol–water partition coefficient (Wildman–Crippen LogP) is 4.22. The largest absolute Gasteiger partial charge is 0.370 e. The number of aryl methyl sites for hydroxylation is 1. The van der Waals surface area contributed by atoms with Crippen LogP contribution in [0.5, 0.6) is 0 Å². The van der Waals surface area contributed by atoms with Crippen molar-refractivity contribution in [1.82, 2.24) is 15.3 Å². The Bertz CT molecular complexity index is 829. The van der Waals surface area contributed by atoms with Crippen LogP contribution < -0.4 is 16.0 Å². The van der Waals surface area contributed by atoms with Gasteiger partial charge in [-0.05, 0) is 30.5 Å². The van der Waals surface area contributed by atoms with Crippen molar-refractivity contribution >= 4 is 48.9 Å². The van der Waals surface area contributed by atoms with E-state index in [0.29, 0.717) is 12.5 Å². The van der Waals surface area contributed by atoms with Crippen molar-refractivity contribution in [2.75, 3.05) is 24.5 Å². The summed E-state index contributed by atoms with van der Waals surface area (Å²) in [6.45, 7) is 3.12. The lowest BCUT2D eigenvalue weighted by atomic mass is 10.2. The number of imidazole rings is 1. The van der Waals surface area contributed by atoms with E-state index in [1.807, 2.05) is 18.3 Å². The molecule has 1 aromatic heterocycles. The fourth-order valence-electron chi connectivity index (χ4n) is 3.01. The van der Waals surface area contributed by atoms with E-state index < -0.39 is 0 Å². The number of H-pyrrole nitrogens is 1. The first-order valence-corrected chi connectivity index (χ1v) is 9.66. The number of aromatic amines is 1. The van der Waals surface area contributed by atoms with Gasteiger partial charge in [-0.3, -0.25) is 4.99 Å². The summed E-state index contributed by atoms with van der Waals surface area (Å²) in [7, 11) is 0. The summed E-state index contributed by atoms with van der Waals surface area (Å²) in [5.41, 5.74) is 9.62. The Hall–Kier alpha value is -2.41. The molecule has 0 aliphatic rings. The zero-order chi connectivity index (χ0) is 19.4. The van der Waals surface area contributed by atoms with Gasteiger partial charge in [-0.25, -0.2) is 4.98 Å². The molecule has 0 bridgehead atoms. The van der Waals surface area contributed by atoms with Crippen LogP contribution in [-0.4, -0.2) is 35.6 Å². The monoisotopic (exact) mass is 484 g/mol. The molecule has 170 valence electrons. The highest BCUT2D eigenvalue weighted by molar-refractivity contribution is 5.86. The number of nitrogens with two attached hydrogens (primary N) is 1. The number of guanidine groups is 1. The number of hydrogen-bond donors (Lipinski definition) is 3.